The number of carbonyl (C=O) groups is 2. The van der Waals surface area contributed by atoms with Crippen molar-refractivity contribution in [3.05, 3.63) is 107 Å². The molecule has 0 atom stereocenters. The van der Waals surface area contributed by atoms with E-state index in [4.69, 9.17) is 21.1 Å². The summed E-state index contributed by atoms with van der Waals surface area (Å²) in [7, 11) is -1.02. The first kappa shape index (κ1) is 27.5. The number of ether oxygens (including phenoxy) is 2. The predicted molar refractivity (Wildman–Crippen MR) is 151 cm³/mol. The highest BCUT2D eigenvalue weighted by atomic mass is 35.5. The number of halogens is 1. The SMILES string of the molecule is COc1ccc(C(=O)Nc2ccc(S(=O)(=O)Nc3ccc(Cl)cc3)cc2NC(=O)c2ccc(OC)cc2)cc1. The Kier molecular flexibility index (Phi) is 8.38. The third-order valence-corrected chi connectivity index (χ3v) is 7.23. The van der Waals surface area contributed by atoms with E-state index in [9.17, 15) is 18.0 Å². The zero-order valence-corrected chi connectivity index (χ0v) is 22.5. The molecule has 0 aliphatic rings. The topological polar surface area (TPSA) is 123 Å². The highest BCUT2D eigenvalue weighted by molar-refractivity contribution is 7.92. The first-order valence-corrected chi connectivity index (χ1v) is 13.4. The number of benzene rings is 4. The van der Waals surface area contributed by atoms with Crippen LogP contribution in [0.25, 0.3) is 0 Å². The molecule has 0 heterocycles. The maximum Gasteiger partial charge on any atom is 0.261 e. The Balaban J connectivity index is 1.66. The summed E-state index contributed by atoms with van der Waals surface area (Å²) >= 11 is 5.89. The Labute approximate surface area is 230 Å². The maximum atomic E-state index is 13.1. The summed E-state index contributed by atoms with van der Waals surface area (Å²) in [6, 6.07) is 23.0. The fraction of sp³-hybridized carbons (Fsp3) is 0.0714. The van der Waals surface area contributed by atoms with Crippen LogP contribution in [0.4, 0.5) is 17.1 Å². The van der Waals surface area contributed by atoms with Gasteiger partial charge in [0.05, 0.1) is 30.5 Å². The van der Waals surface area contributed by atoms with Gasteiger partial charge < -0.3 is 20.1 Å². The summed E-state index contributed by atoms with van der Waals surface area (Å²) in [6.45, 7) is 0. The molecule has 0 saturated carbocycles. The van der Waals surface area contributed by atoms with Gasteiger partial charge in [0.25, 0.3) is 21.8 Å². The van der Waals surface area contributed by atoms with Gasteiger partial charge in [-0.05, 0) is 91.0 Å². The minimum absolute atomic E-state index is 0.0802. The maximum absolute atomic E-state index is 13.1. The molecule has 0 fully saturated rings. The van der Waals surface area contributed by atoms with Crippen LogP contribution in [0.3, 0.4) is 0 Å². The zero-order chi connectivity index (χ0) is 28.0. The van der Waals surface area contributed by atoms with E-state index in [0.29, 0.717) is 33.3 Å². The molecule has 3 N–H and O–H groups in total. The van der Waals surface area contributed by atoms with Crippen LogP contribution in [0.5, 0.6) is 11.5 Å². The Morgan fingerprint density at radius 1 is 0.667 bits per heavy atom. The molecular formula is C28H24ClN3O6S. The van der Waals surface area contributed by atoms with Crippen molar-refractivity contribution in [2.75, 3.05) is 29.6 Å². The van der Waals surface area contributed by atoms with E-state index in [1.807, 2.05) is 0 Å². The van der Waals surface area contributed by atoms with E-state index in [-0.39, 0.29) is 16.3 Å². The molecule has 39 heavy (non-hydrogen) atoms. The summed E-state index contributed by atoms with van der Waals surface area (Å²) in [6.07, 6.45) is 0. The largest absolute Gasteiger partial charge is 0.497 e. The number of anilines is 3. The van der Waals surface area contributed by atoms with Gasteiger partial charge in [-0.15, -0.1) is 0 Å². The molecule has 200 valence electrons. The van der Waals surface area contributed by atoms with Crippen LogP contribution in [0.15, 0.2) is 95.9 Å². The molecule has 11 heteroatoms. The number of sulfonamides is 1. The van der Waals surface area contributed by atoms with Crippen molar-refractivity contribution < 1.29 is 27.5 Å². The molecule has 4 aromatic rings. The Bertz CT molecular complexity index is 1590. The van der Waals surface area contributed by atoms with Gasteiger partial charge in [0, 0.05) is 21.8 Å². The van der Waals surface area contributed by atoms with Crippen molar-refractivity contribution in [1.29, 1.82) is 0 Å². The fourth-order valence-electron chi connectivity index (χ4n) is 3.51. The van der Waals surface area contributed by atoms with Crippen LogP contribution in [-0.4, -0.2) is 34.5 Å². The van der Waals surface area contributed by atoms with E-state index in [2.05, 4.69) is 15.4 Å². The van der Waals surface area contributed by atoms with Gasteiger partial charge in [0.2, 0.25) is 0 Å². The third kappa shape index (κ3) is 6.86. The monoisotopic (exact) mass is 565 g/mol. The molecule has 4 aromatic carbocycles. The van der Waals surface area contributed by atoms with Crippen LogP contribution < -0.4 is 24.8 Å². The van der Waals surface area contributed by atoms with Gasteiger partial charge in [-0.1, -0.05) is 11.6 Å². The van der Waals surface area contributed by atoms with Gasteiger partial charge >= 0.3 is 0 Å². The minimum atomic E-state index is -4.05. The van der Waals surface area contributed by atoms with E-state index in [0.717, 1.165) is 0 Å². The van der Waals surface area contributed by atoms with Crippen molar-refractivity contribution in [2.45, 2.75) is 4.90 Å². The van der Waals surface area contributed by atoms with E-state index in [1.165, 1.54) is 44.6 Å². The van der Waals surface area contributed by atoms with Crippen LogP contribution in [0.1, 0.15) is 20.7 Å². The molecule has 0 aromatic heterocycles. The molecule has 2 amide bonds. The lowest BCUT2D eigenvalue weighted by Crippen LogP contribution is -2.18. The molecule has 0 radical (unpaired) electrons. The lowest BCUT2D eigenvalue weighted by atomic mass is 10.1. The fourth-order valence-corrected chi connectivity index (χ4v) is 4.72. The standard InChI is InChI=1S/C28H24ClN3O6S/c1-37-22-11-3-18(4-12-22)27(33)30-25-16-15-24(39(35,36)32-21-9-7-20(29)8-10-21)17-26(25)31-28(34)19-5-13-23(38-2)14-6-19/h3-17,32H,1-2H3,(H,30,33)(H,31,34). The van der Waals surface area contributed by atoms with Crippen LogP contribution in [0.2, 0.25) is 5.02 Å². The highest BCUT2D eigenvalue weighted by Gasteiger charge is 2.19. The second kappa shape index (κ2) is 11.9. The first-order chi connectivity index (χ1) is 18.7. The lowest BCUT2D eigenvalue weighted by molar-refractivity contribution is 0.101. The van der Waals surface area contributed by atoms with Crippen LogP contribution in [0, 0.1) is 0 Å². The molecule has 0 aliphatic heterocycles. The van der Waals surface area contributed by atoms with E-state index in [1.54, 1.807) is 60.7 Å². The first-order valence-electron chi connectivity index (χ1n) is 11.5. The van der Waals surface area contributed by atoms with E-state index >= 15 is 0 Å². The minimum Gasteiger partial charge on any atom is -0.497 e. The second-order valence-corrected chi connectivity index (χ2v) is 10.3. The predicted octanol–water partition coefficient (Wildman–Crippen LogP) is 5.66. The van der Waals surface area contributed by atoms with Crippen LogP contribution in [-0.2, 0) is 10.0 Å². The van der Waals surface area contributed by atoms with Gasteiger partial charge in [-0.2, -0.15) is 0 Å². The Morgan fingerprint density at radius 2 is 1.15 bits per heavy atom. The number of methoxy groups -OCH3 is 2. The molecule has 0 bridgehead atoms. The molecule has 9 nitrogen and oxygen atoms in total. The molecule has 0 spiro atoms. The van der Waals surface area contributed by atoms with Crippen molar-refractivity contribution in [2.24, 2.45) is 0 Å². The summed E-state index contributed by atoms with van der Waals surface area (Å²) in [5.74, 6) is 0.174. The lowest BCUT2D eigenvalue weighted by Gasteiger charge is -2.15. The quantitative estimate of drug-likeness (QED) is 0.240. The van der Waals surface area contributed by atoms with Gasteiger partial charge in [-0.25, -0.2) is 8.42 Å². The van der Waals surface area contributed by atoms with Crippen LogP contribution >= 0.6 is 11.6 Å². The molecule has 0 saturated heterocycles. The molecule has 4 rings (SSSR count). The average Bonchev–Trinajstić information content (AvgIpc) is 2.95. The van der Waals surface area contributed by atoms with Crippen molar-refractivity contribution in [1.82, 2.24) is 0 Å². The molecule has 0 unspecified atom stereocenters. The Morgan fingerprint density at radius 3 is 1.64 bits per heavy atom. The number of amides is 2. The smallest absolute Gasteiger partial charge is 0.261 e. The highest BCUT2D eigenvalue weighted by Crippen LogP contribution is 2.29. The van der Waals surface area contributed by atoms with Gasteiger partial charge in [0.15, 0.2) is 0 Å². The van der Waals surface area contributed by atoms with Crippen molar-refractivity contribution in [3.63, 3.8) is 0 Å². The summed E-state index contributed by atoms with van der Waals surface area (Å²) in [4.78, 5) is 25.8. The number of hydrogen-bond donors (Lipinski definition) is 3. The average molecular weight is 566 g/mol. The number of nitrogens with one attached hydrogen (secondary N) is 3. The summed E-state index contributed by atoms with van der Waals surface area (Å²) in [5, 5.41) is 5.89. The number of rotatable bonds is 9. The normalized spacial score (nSPS) is 10.8. The van der Waals surface area contributed by atoms with Gasteiger partial charge in [0.1, 0.15) is 11.5 Å². The van der Waals surface area contributed by atoms with Crippen molar-refractivity contribution >= 4 is 50.5 Å². The van der Waals surface area contributed by atoms with E-state index < -0.39 is 21.8 Å². The molecular weight excluding hydrogens is 542 g/mol. The van der Waals surface area contributed by atoms with Gasteiger partial charge in [-0.3, -0.25) is 14.3 Å². The second-order valence-electron chi connectivity index (χ2n) is 8.19. The van der Waals surface area contributed by atoms with Crippen molar-refractivity contribution in [3.8, 4) is 11.5 Å². The third-order valence-electron chi connectivity index (χ3n) is 5.60. The Hall–Kier alpha value is -4.54. The number of hydrogen-bond acceptors (Lipinski definition) is 6. The molecule has 0 aliphatic carbocycles. The summed E-state index contributed by atoms with van der Waals surface area (Å²) < 4.78 is 38.9. The zero-order valence-electron chi connectivity index (χ0n) is 20.9. The summed E-state index contributed by atoms with van der Waals surface area (Å²) in [5.41, 5.74) is 1.22. The number of carbonyl (C=O) groups excluding carboxylic acids is 2.